The quantitative estimate of drug-likeness (QED) is 0.568. The summed E-state index contributed by atoms with van der Waals surface area (Å²) in [6.07, 6.45) is 6.61. The van der Waals surface area contributed by atoms with Gasteiger partial charge < -0.3 is 20.1 Å². The molecule has 0 radical (unpaired) electrons. The zero-order chi connectivity index (χ0) is 20.9. The van der Waals surface area contributed by atoms with Crippen molar-refractivity contribution in [1.82, 2.24) is 15.1 Å². The zero-order valence-corrected chi connectivity index (χ0v) is 18.0. The summed E-state index contributed by atoms with van der Waals surface area (Å²) in [7, 11) is 3.29. The number of rotatable bonds is 7. The van der Waals surface area contributed by atoms with E-state index >= 15 is 0 Å². The molecule has 0 atom stereocenters. The minimum Gasteiger partial charge on any atom is -0.493 e. The van der Waals surface area contributed by atoms with Crippen molar-refractivity contribution >= 4 is 23.0 Å². The molecule has 0 saturated heterocycles. The van der Waals surface area contributed by atoms with E-state index in [4.69, 9.17) is 21.7 Å². The Labute approximate surface area is 182 Å². The van der Waals surface area contributed by atoms with Crippen LogP contribution in [0.3, 0.4) is 0 Å². The fourth-order valence-corrected chi connectivity index (χ4v) is 4.13. The Morgan fingerprint density at radius 1 is 1.10 bits per heavy atom. The molecule has 0 bridgehead atoms. The number of benzene rings is 2. The summed E-state index contributed by atoms with van der Waals surface area (Å²) < 4.78 is 12.6. The number of fused-ring (bicyclic) bond motifs is 1. The number of anilines is 1. The number of aromatic nitrogens is 2. The van der Waals surface area contributed by atoms with Gasteiger partial charge in [-0.1, -0.05) is 30.3 Å². The second-order valence-corrected chi connectivity index (χ2v) is 7.81. The SMILES string of the molecule is COc1ccc(CCn2cc(NC(=S)NC3Cc4ccccc4C3)cn2)cc1OC. The van der Waals surface area contributed by atoms with Crippen LogP contribution in [0.4, 0.5) is 5.69 Å². The van der Waals surface area contributed by atoms with Crippen LogP contribution in [-0.4, -0.2) is 35.2 Å². The van der Waals surface area contributed by atoms with Crippen molar-refractivity contribution in [3.05, 3.63) is 71.5 Å². The number of methoxy groups -OCH3 is 2. The molecular weight excluding hydrogens is 396 g/mol. The molecule has 0 aliphatic heterocycles. The van der Waals surface area contributed by atoms with E-state index in [-0.39, 0.29) is 0 Å². The van der Waals surface area contributed by atoms with Gasteiger partial charge in [-0.05, 0) is 60.3 Å². The van der Waals surface area contributed by atoms with Crippen molar-refractivity contribution < 1.29 is 9.47 Å². The van der Waals surface area contributed by atoms with E-state index in [1.165, 1.54) is 11.1 Å². The molecule has 156 valence electrons. The van der Waals surface area contributed by atoms with Crippen LogP contribution in [0.5, 0.6) is 11.5 Å². The molecule has 0 unspecified atom stereocenters. The Hall–Kier alpha value is -3.06. The molecule has 1 aliphatic rings. The van der Waals surface area contributed by atoms with E-state index in [0.717, 1.165) is 48.6 Å². The molecule has 2 aromatic carbocycles. The van der Waals surface area contributed by atoms with Crippen LogP contribution in [0, 0.1) is 0 Å². The Morgan fingerprint density at radius 3 is 2.53 bits per heavy atom. The molecule has 1 aliphatic carbocycles. The highest BCUT2D eigenvalue weighted by Gasteiger charge is 2.21. The average molecular weight is 423 g/mol. The van der Waals surface area contributed by atoms with Gasteiger partial charge >= 0.3 is 0 Å². The van der Waals surface area contributed by atoms with Crippen LogP contribution in [0.1, 0.15) is 16.7 Å². The van der Waals surface area contributed by atoms with Crippen LogP contribution in [-0.2, 0) is 25.8 Å². The second kappa shape index (κ2) is 9.17. The summed E-state index contributed by atoms with van der Waals surface area (Å²) in [5.74, 6) is 1.47. The lowest BCUT2D eigenvalue weighted by molar-refractivity contribution is 0.354. The molecule has 1 heterocycles. The first-order chi connectivity index (χ1) is 14.6. The van der Waals surface area contributed by atoms with Gasteiger partial charge in [-0.25, -0.2) is 0 Å². The van der Waals surface area contributed by atoms with E-state index in [9.17, 15) is 0 Å². The second-order valence-electron chi connectivity index (χ2n) is 7.40. The third-order valence-corrected chi connectivity index (χ3v) is 5.57. The number of nitrogens with zero attached hydrogens (tertiary/aromatic N) is 2. The van der Waals surface area contributed by atoms with Crippen molar-refractivity contribution in [1.29, 1.82) is 0 Å². The summed E-state index contributed by atoms with van der Waals surface area (Å²) in [6.45, 7) is 0.759. The molecular formula is C23H26N4O2S. The number of hydrogen-bond donors (Lipinski definition) is 2. The summed E-state index contributed by atoms with van der Waals surface area (Å²) in [5.41, 5.74) is 4.85. The monoisotopic (exact) mass is 422 g/mol. The average Bonchev–Trinajstić information content (AvgIpc) is 3.37. The van der Waals surface area contributed by atoms with Gasteiger partial charge in [-0.2, -0.15) is 5.10 Å². The van der Waals surface area contributed by atoms with Gasteiger partial charge in [-0.3, -0.25) is 4.68 Å². The summed E-state index contributed by atoms with van der Waals surface area (Å²) in [4.78, 5) is 0. The van der Waals surface area contributed by atoms with Gasteiger partial charge in [0.05, 0.1) is 26.1 Å². The minimum absolute atomic E-state index is 0.336. The predicted octanol–water partition coefficient (Wildman–Crippen LogP) is 3.60. The van der Waals surface area contributed by atoms with Crippen molar-refractivity contribution in [3.63, 3.8) is 0 Å². The lowest BCUT2D eigenvalue weighted by atomic mass is 10.1. The normalized spacial score (nSPS) is 13.0. The summed E-state index contributed by atoms with van der Waals surface area (Å²) in [5, 5.41) is 11.7. The van der Waals surface area contributed by atoms with Gasteiger partial charge in [-0.15, -0.1) is 0 Å². The molecule has 7 heteroatoms. The van der Waals surface area contributed by atoms with E-state index in [2.05, 4.69) is 40.0 Å². The van der Waals surface area contributed by atoms with E-state index < -0.39 is 0 Å². The van der Waals surface area contributed by atoms with Crippen LogP contribution in [0.2, 0.25) is 0 Å². The molecule has 4 rings (SSSR count). The maximum absolute atomic E-state index is 5.50. The lowest BCUT2D eigenvalue weighted by Crippen LogP contribution is -2.38. The molecule has 0 amide bonds. The summed E-state index contributed by atoms with van der Waals surface area (Å²) in [6, 6.07) is 14.9. The van der Waals surface area contributed by atoms with Gasteiger partial charge in [0.15, 0.2) is 16.6 Å². The molecule has 0 saturated carbocycles. The van der Waals surface area contributed by atoms with Crippen molar-refractivity contribution in [2.75, 3.05) is 19.5 Å². The smallest absolute Gasteiger partial charge is 0.171 e. The first kappa shape index (κ1) is 20.2. The van der Waals surface area contributed by atoms with Crippen LogP contribution in [0.15, 0.2) is 54.9 Å². The number of aryl methyl sites for hydroxylation is 2. The first-order valence-electron chi connectivity index (χ1n) is 10.0. The predicted molar refractivity (Wildman–Crippen MR) is 122 cm³/mol. The van der Waals surface area contributed by atoms with E-state index in [1.54, 1.807) is 20.4 Å². The number of nitrogens with one attached hydrogen (secondary N) is 2. The Kier molecular flexibility index (Phi) is 6.18. The molecule has 1 aromatic heterocycles. The zero-order valence-electron chi connectivity index (χ0n) is 17.2. The highest BCUT2D eigenvalue weighted by atomic mass is 32.1. The van der Waals surface area contributed by atoms with E-state index in [0.29, 0.717) is 11.2 Å². The Balaban J connectivity index is 1.28. The number of ether oxygens (including phenoxy) is 2. The van der Waals surface area contributed by atoms with E-state index in [1.807, 2.05) is 29.1 Å². The van der Waals surface area contributed by atoms with Crippen LogP contribution < -0.4 is 20.1 Å². The molecule has 6 nitrogen and oxygen atoms in total. The van der Waals surface area contributed by atoms with Crippen molar-refractivity contribution in [2.45, 2.75) is 31.8 Å². The number of thiocarbonyl (C=S) groups is 1. The standard InChI is InChI=1S/C23H26N4O2S/c1-28-21-8-7-16(11-22(21)29-2)9-10-27-15-20(14-24-27)26-23(30)25-19-12-17-5-3-4-6-18(17)13-19/h3-8,11,14-15,19H,9-10,12-13H2,1-2H3,(H2,25,26,30). The lowest BCUT2D eigenvalue weighted by Gasteiger charge is -2.14. The van der Waals surface area contributed by atoms with Crippen molar-refractivity contribution in [3.8, 4) is 11.5 Å². The topological polar surface area (TPSA) is 60.3 Å². The van der Waals surface area contributed by atoms with Crippen molar-refractivity contribution in [2.24, 2.45) is 0 Å². The maximum atomic E-state index is 5.50. The van der Waals surface area contributed by atoms with Crippen LogP contribution in [0.25, 0.3) is 0 Å². The number of hydrogen-bond acceptors (Lipinski definition) is 4. The highest BCUT2D eigenvalue weighted by Crippen LogP contribution is 2.28. The Morgan fingerprint density at radius 2 is 1.83 bits per heavy atom. The fourth-order valence-electron chi connectivity index (χ4n) is 3.84. The molecule has 2 N–H and O–H groups in total. The highest BCUT2D eigenvalue weighted by molar-refractivity contribution is 7.80. The molecule has 0 spiro atoms. The third-order valence-electron chi connectivity index (χ3n) is 5.35. The van der Waals surface area contributed by atoms with Crippen LogP contribution >= 0.6 is 12.2 Å². The first-order valence-corrected chi connectivity index (χ1v) is 10.4. The van der Waals surface area contributed by atoms with Gasteiger partial charge in [0.25, 0.3) is 0 Å². The third kappa shape index (κ3) is 4.74. The van der Waals surface area contributed by atoms with Gasteiger partial charge in [0.2, 0.25) is 0 Å². The molecule has 0 fully saturated rings. The Bertz CT molecular complexity index is 1010. The van der Waals surface area contributed by atoms with Gasteiger partial charge in [0, 0.05) is 18.8 Å². The van der Waals surface area contributed by atoms with Gasteiger partial charge in [0.1, 0.15) is 0 Å². The molecule has 3 aromatic rings. The molecule has 30 heavy (non-hydrogen) atoms. The minimum atomic E-state index is 0.336. The summed E-state index contributed by atoms with van der Waals surface area (Å²) >= 11 is 5.50. The fraction of sp³-hybridized carbons (Fsp3) is 0.304. The largest absolute Gasteiger partial charge is 0.493 e. The maximum Gasteiger partial charge on any atom is 0.171 e.